The van der Waals surface area contributed by atoms with Gasteiger partial charge in [0.25, 0.3) is 0 Å². The molecule has 1 unspecified atom stereocenters. The van der Waals surface area contributed by atoms with E-state index in [4.69, 9.17) is 14.2 Å². The Morgan fingerprint density at radius 2 is 0.548 bits per heavy atom. The summed E-state index contributed by atoms with van der Waals surface area (Å²) in [7, 11) is 0. The Balaban J connectivity index is 4.26. The lowest BCUT2D eigenvalue weighted by atomic mass is 10.1. The SMILES string of the molecule is CC/C=C\C/C=C\C/C=C\C/C=C\C/C=C\C/C=C\CCCCCCCCCCCCC(=O)OCC(COC(=O)CCCCCCC/C=C\CCCC)OC(=O)CCCCCCC/C=C\C/C=C\CCCCC. The molecule has 0 fully saturated rings. The van der Waals surface area contributed by atoms with Crippen LogP contribution < -0.4 is 0 Å². The van der Waals surface area contributed by atoms with E-state index < -0.39 is 6.10 Å². The molecule has 0 radical (unpaired) electrons. The molecule has 0 saturated carbocycles. The van der Waals surface area contributed by atoms with Crippen LogP contribution >= 0.6 is 0 Å². The van der Waals surface area contributed by atoms with Gasteiger partial charge in [0.05, 0.1) is 0 Å². The summed E-state index contributed by atoms with van der Waals surface area (Å²) in [5, 5.41) is 0. The van der Waals surface area contributed by atoms with E-state index in [1.165, 1.54) is 109 Å². The normalized spacial score (nSPS) is 12.9. The Morgan fingerprint density at radius 1 is 0.288 bits per heavy atom. The quantitative estimate of drug-likeness (QED) is 0.0261. The van der Waals surface area contributed by atoms with Crippen LogP contribution in [0.25, 0.3) is 0 Å². The van der Waals surface area contributed by atoms with Crippen molar-refractivity contribution in [3.8, 4) is 0 Å². The lowest BCUT2D eigenvalue weighted by Gasteiger charge is -2.18. The number of carbonyl (C=O) groups excluding carboxylic acids is 3. The Morgan fingerprint density at radius 3 is 0.890 bits per heavy atom. The molecule has 0 spiro atoms. The first kappa shape index (κ1) is 69.1. The molecule has 0 amide bonds. The zero-order valence-corrected chi connectivity index (χ0v) is 47.6. The molecule has 6 heteroatoms. The van der Waals surface area contributed by atoms with Crippen LogP contribution in [0.4, 0.5) is 0 Å². The second-order valence-electron chi connectivity index (χ2n) is 19.9. The zero-order valence-electron chi connectivity index (χ0n) is 47.6. The van der Waals surface area contributed by atoms with Gasteiger partial charge < -0.3 is 14.2 Å². The highest BCUT2D eigenvalue weighted by molar-refractivity contribution is 5.71. The van der Waals surface area contributed by atoms with Gasteiger partial charge in [0.1, 0.15) is 13.2 Å². The Hall–Kier alpha value is -3.93. The predicted molar refractivity (Wildman–Crippen MR) is 316 cm³/mol. The fraction of sp³-hybridized carbons (Fsp3) is 0.687. The average molecular weight is 1010 g/mol. The summed E-state index contributed by atoms with van der Waals surface area (Å²) in [5.74, 6) is -0.915. The molecule has 0 aliphatic rings. The van der Waals surface area contributed by atoms with Crippen LogP contribution in [0.2, 0.25) is 0 Å². The maximum Gasteiger partial charge on any atom is 0.306 e. The van der Waals surface area contributed by atoms with E-state index in [1.807, 2.05) is 0 Å². The number of hydrogen-bond acceptors (Lipinski definition) is 6. The Kier molecular flexibility index (Phi) is 57.4. The van der Waals surface area contributed by atoms with E-state index in [0.717, 1.165) is 128 Å². The molecule has 0 N–H and O–H groups in total. The summed E-state index contributed by atoms with van der Waals surface area (Å²) in [6, 6.07) is 0. The highest BCUT2D eigenvalue weighted by Gasteiger charge is 2.19. The summed E-state index contributed by atoms with van der Waals surface area (Å²) < 4.78 is 16.8. The van der Waals surface area contributed by atoms with Gasteiger partial charge >= 0.3 is 17.9 Å². The van der Waals surface area contributed by atoms with E-state index in [-0.39, 0.29) is 31.1 Å². The van der Waals surface area contributed by atoms with Gasteiger partial charge in [-0.2, -0.15) is 0 Å². The van der Waals surface area contributed by atoms with Crippen molar-refractivity contribution >= 4 is 17.9 Å². The topological polar surface area (TPSA) is 78.9 Å². The third-order valence-corrected chi connectivity index (χ3v) is 12.7. The molecule has 0 aromatic heterocycles. The van der Waals surface area contributed by atoms with E-state index in [0.29, 0.717) is 19.3 Å². The number of ether oxygens (including phenoxy) is 3. The Bertz CT molecular complexity index is 1490. The van der Waals surface area contributed by atoms with Crippen molar-refractivity contribution in [3.05, 3.63) is 109 Å². The number of rotatable bonds is 54. The van der Waals surface area contributed by atoms with Crippen LogP contribution in [-0.2, 0) is 28.6 Å². The average Bonchev–Trinajstić information content (AvgIpc) is 3.39. The Labute approximate surface area is 450 Å². The van der Waals surface area contributed by atoms with E-state index in [2.05, 4.69) is 130 Å². The van der Waals surface area contributed by atoms with E-state index >= 15 is 0 Å². The van der Waals surface area contributed by atoms with Gasteiger partial charge in [-0.15, -0.1) is 0 Å². The van der Waals surface area contributed by atoms with Crippen LogP contribution in [0.15, 0.2) is 109 Å². The smallest absolute Gasteiger partial charge is 0.306 e. The van der Waals surface area contributed by atoms with Crippen LogP contribution in [-0.4, -0.2) is 37.2 Å². The van der Waals surface area contributed by atoms with Crippen molar-refractivity contribution < 1.29 is 28.6 Å². The molecule has 0 rings (SSSR count). The molecule has 416 valence electrons. The molecule has 0 bridgehead atoms. The van der Waals surface area contributed by atoms with Gasteiger partial charge in [0.15, 0.2) is 6.10 Å². The van der Waals surface area contributed by atoms with Crippen LogP contribution in [0, 0.1) is 0 Å². The number of allylic oxidation sites excluding steroid dienone is 18. The summed E-state index contributed by atoms with van der Waals surface area (Å²) in [4.78, 5) is 38.1. The van der Waals surface area contributed by atoms with Crippen molar-refractivity contribution in [2.45, 2.75) is 284 Å². The molecule has 6 nitrogen and oxygen atoms in total. The fourth-order valence-electron chi connectivity index (χ4n) is 8.16. The van der Waals surface area contributed by atoms with Gasteiger partial charge in [-0.25, -0.2) is 0 Å². The van der Waals surface area contributed by atoms with Crippen LogP contribution in [0.1, 0.15) is 278 Å². The first-order valence-electron chi connectivity index (χ1n) is 30.4. The standard InChI is InChI=1S/C67H112O6/c1-4-7-10-13-16-19-22-24-26-27-28-29-30-31-32-33-34-35-36-37-38-39-41-42-45-48-51-54-57-60-66(69)72-63-64(62-71-65(68)59-56-53-50-47-44-21-18-15-12-9-6-3)73-67(70)61-58-55-52-49-46-43-40-25-23-20-17-14-11-8-5-2/h7,10,15-20,24-26,28-29,31-32,34-35,40,64H,4-6,8-9,11-14,21-23,27,30,33,36-39,41-63H2,1-3H3/b10-7-,18-15-,19-16-,20-17-,26-24-,29-28-,32-31-,35-34-,40-25-. The number of carbonyl (C=O) groups is 3. The highest BCUT2D eigenvalue weighted by Crippen LogP contribution is 2.15. The monoisotopic (exact) mass is 1010 g/mol. The number of unbranched alkanes of at least 4 members (excludes halogenated alkanes) is 25. The molecule has 1 atom stereocenters. The van der Waals surface area contributed by atoms with E-state index in [9.17, 15) is 14.4 Å². The van der Waals surface area contributed by atoms with Gasteiger partial charge in [-0.1, -0.05) is 246 Å². The summed E-state index contributed by atoms with van der Waals surface area (Å²) in [6.07, 6.45) is 82.3. The molecule has 0 heterocycles. The summed E-state index contributed by atoms with van der Waals surface area (Å²) >= 11 is 0. The molecule has 73 heavy (non-hydrogen) atoms. The number of hydrogen-bond donors (Lipinski definition) is 0. The second-order valence-corrected chi connectivity index (χ2v) is 19.9. The first-order chi connectivity index (χ1) is 36.0. The minimum atomic E-state index is -0.791. The lowest BCUT2D eigenvalue weighted by molar-refractivity contribution is -0.167. The lowest BCUT2D eigenvalue weighted by Crippen LogP contribution is -2.30. The largest absolute Gasteiger partial charge is 0.462 e. The van der Waals surface area contributed by atoms with Crippen molar-refractivity contribution in [2.75, 3.05) is 13.2 Å². The number of esters is 3. The summed E-state index contributed by atoms with van der Waals surface area (Å²) in [5.41, 5.74) is 0. The van der Waals surface area contributed by atoms with Gasteiger partial charge in [-0.05, 0) is 122 Å². The molecular weight excluding hydrogens is 901 g/mol. The van der Waals surface area contributed by atoms with Crippen molar-refractivity contribution in [2.24, 2.45) is 0 Å². The second kappa shape index (κ2) is 60.6. The summed E-state index contributed by atoms with van der Waals surface area (Å²) in [6.45, 7) is 6.44. The molecule has 0 aliphatic carbocycles. The fourth-order valence-corrected chi connectivity index (χ4v) is 8.16. The predicted octanol–water partition coefficient (Wildman–Crippen LogP) is 20.7. The maximum absolute atomic E-state index is 12.8. The molecule has 0 saturated heterocycles. The molecule has 0 aromatic rings. The van der Waals surface area contributed by atoms with Crippen LogP contribution in [0.5, 0.6) is 0 Å². The van der Waals surface area contributed by atoms with Crippen molar-refractivity contribution in [1.29, 1.82) is 0 Å². The minimum absolute atomic E-state index is 0.0890. The molecular formula is C67H112O6. The van der Waals surface area contributed by atoms with Gasteiger partial charge in [0.2, 0.25) is 0 Å². The van der Waals surface area contributed by atoms with Crippen molar-refractivity contribution in [1.82, 2.24) is 0 Å². The molecule has 0 aliphatic heterocycles. The zero-order chi connectivity index (χ0) is 52.9. The molecule has 0 aromatic carbocycles. The van der Waals surface area contributed by atoms with E-state index in [1.54, 1.807) is 0 Å². The van der Waals surface area contributed by atoms with Crippen LogP contribution in [0.3, 0.4) is 0 Å². The highest BCUT2D eigenvalue weighted by atomic mass is 16.6. The minimum Gasteiger partial charge on any atom is -0.462 e. The van der Waals surface area contributed by atoms with Gasteiger partial charge in [0, 0.05) is 19.3 Å². The first-order valence-corrected chi connectivity index (χ1v) is 30.4. The third-order valence-electron chi connectivity index (χ3n) is 12.7. The van der Waals surface area contributed by atoms with Gasteiger partial charge in [-0.3, -0.25) is 14.4 Å². The third kappa shape index (κ3) is 58.8. The van der Waals surface area contributed by atoms with Crippen molar-refractivity contribution in [3.63, 3.8) is 0 Å². The maximum atomic E-state index is 12.8.